The van der Waals surface area contributed by atoms with Gasteiger partial charge >= 0.3 is 0 Å². The molecule has 0 aliphatic carbocycles. The van der Waals surface area contributed by atoms with Crippen molar-refractivity contribution in [1.82, 2.24) is 13.5 Å². The number of hydrogen-bond donors (Lipinski definition) is 1. The Morgan fingerprint density at radius 1 is 0.707 bits per heavy atom. The third-order valence-corrected chi connectivity index (χ3v) is 10.8. The molecule has 0 aromatic heterocycles. The molecule has 3 aromatic rings. The summed E-state index contributed by atoms with van der Waals surface area (Å²) in [6, 6.07) is 20.5. The minimum atomic E-state index is -4.16. The molecule has 13 heteroatoms. The molecule has 2 aliphatic rings. The molecule has 0 radical (unpaired) electrons. The summed E-state index contributed by atoms with van der Waals surface area (Å²) >= 11 is 0. The van der Waals surface area contributed by atoms with E-state index < -0.39 is 38.5 Å². The summed E-state index contributed by atoms with van der Waals surface area (Å²) in [5.41, 5.74) is 0.443. The van der Waals surface area contributed by atoms with Crippen LogP contribution in [0.3, 0.4) is 0 Å². The van der Waals surface area contributed by atoms with Gasteiger partial charge in [0.2, 0.25) is 26.0 Å². The highest BCUT2D eigenvalue weighted by atomic mass is 32.2. The molecule has 0 spiro atoms. The Balaban J connectivity index is 1.47. The number of sulfonamides is 2. The minimum absolute atomic E-state index is 0.0138. The summed E-state index contributed by atoms with van der Waals surface area (Å²) in [6.45, 7) is 0.822. The molecule has 216 valence electrons. The number of piperazine rings is 1. The van der Waals surface area contributed by atoms with Crippen LogP contribution in [0, 0.1) is 0 Å². The molecule has 11 nitrogen and oxygen atoms in total. The van der Waals surface area contributed by atoms with Crippen molar-refractivity contribution in [2.24, 2.45) is 0 Å². The first-order valence-corrected chi connectivity index (χ1v) is 16.0. The van der Waals surface area contributed by atoms with Crippen LogP contribution in [0.25, 0.3) is 0 Å². The predicted molar refractivity (Wildman–Crippen MR) is 151 cm³/mol. The van der Waals surface area contributed by atoms with E-state index in [0.717, 1.165) is 8.61 Å². The molecule has 0 bridgehead atoms. The van der Waals surface area contributed by atoms with E-state index in [1.165, 1.54) is 24.3 Å². The van der Waals surface area contributed by atoms with E-state index in [4.69, 9.17) is 4.74 Å². The molecule has 1 atom stereocenters. The summed E-state index contributed by atoms with van der Waals surface area (Å²) in [4.78, 5) is 28.7. The van der Waals surface area contributed by atoms with Crippen molar-refractivity contribution in [1.29, 1.82) is 0 Å². The van der Waals surface area contributed by atoms with Gasteiger partial charge in [-0.1, -0.05) is 48.5 Å². The lowest BCUT2D eigenvalue weighted by Gasteiger charge is -2.39. The Kier molecular flexibility index (Phi) is 8.52. The molecular weight excluding hydrogens is 568 g/mol. The number of carbonyl (C=O) groups excluding carboxylic acids is 2. The molecule has 41 heavy (non-hydrogen) atoms. The number of para-hydroxylation sites is 1. The number of nitrogens with zero attached hydrogens (tertiary/aromatic N) is 3. The van der Waals surface area contributed by atoms with E-state index >= 15 is 0 Å². The third-order valence-electron chi connectivity index (χ3n) is 7.04. The molecule has 2 amide bonds. The third kappa shape index (κ3) is 6.04. The van der Waals surface area contributed by atoms with Crippen LogP contribution in [0.2, 0.25) is 0 Å². The highest BCUT2D eigenvalue weighted by molar-refractivity contribution is 7.89. The number of benzene rings is 3. The lowest BCUT2D eigenvalue weighted by atomic mass is 10.1. The van der Waals surface area contributed by atoms with Gasteiger partial charge in [0.25, 0.3) is 5.91 Å². The summed E-state index contributed by atoms with van der Waals surface area (Å²) in [6.07, 6.45) is 0. The zero-order valence-corrected chi connectivity index (χ0v) is 23.8. The summed E-state index contributed by atoms with van der Waals surface area (Å²) in [7, 11) is -8.18. The number of anilines is 1. The van der Waals surface area contributed by atoms with E-state index in [9.17, 15) is 26.4 Å². The molecule has 2 aliphatic heterocycles. The fraction of sp³-hybridized carbons (Fsp3) is 0.286. The van der Waals surface area contributed by atoms with Crippen molar-refractivity contribution in [3.8, 4) is 0 Å². The second kappa shape index (κ2) is 12.1. The molecule has 2 saturated heterocycles. The van der Waals surface area contributed by atoms with Gasteiger partial charge in [0, 0.05) is 32.7 Å². The van der Waals surface area contributed by atoms with E-state index in [0.29, 0.717) is 26.3 Å². The Hall–Kier alpha value is -3.62. The standard InChI is InChI=1S/C28H30N4O7S2/c33-27(29-25-14-8-7-13-24(25)28(34)30-17-19-39-20-18-30)26-21-31(40(35,36)22-9-3-1-4-10-22)15-16-32(26)41(37,38)23-11-5-2-6-12-23/h1-14,26H,15-21H2,(H,29,33)/t26-/m0/s1. The minimum Gasteiger partial charge on any atom is -0.378 e. The second-order valence-electron chi connectivity index (χ2n) is 9.56. The summed E-state index contributed by atoms with van der Waals surface area (Å²) < 4.78 is 61.7. The topological polar surface area (TPSA) is 133 Å². The molecule has 2 fully saturated rings. The quantitative estimate of drug-likeness (QED) is 0.439. The molecule has 0 unspecified atom stereocenters. The van der Waals surface area contributed by atoms with E-state index in [2.05, 4.69) is 5.32 Å². The van der Waals surface area contributed by atoms with Crippen LogP contribution in [-0.4, -0.2) is 94.1 Å². The van der Waals surface area contributed by atoms with E-state index in [1.54, 1.807) is 65.6 Å². The zero-order chi connectivity index (χ0) is 29.0. The molecule has 2 heterocycles. The maximum absolute atomic E-state index is 13.8. The lowest BCUT2D eigenvalue weighted by Crippen LogP contribution is -2.60. The number of nitrogens with one attached hydrogen (secondary N) is 1. The number of morpholine rings is 1. The monoisotopic (exact) mass is 598 g/mol. The fourth-order valence-corrected chi connectivity index (χ4v) is 7.91. The van der Waals surface area contributed by atoms with Crippen molar-refractivity contribution >= 4 is 37.5 Å². The fourth-order valence-electron chi connectivity index (χ4n) is 4.86. The first-order valence-electron chi connectivity index (χ1n) is 13.1. The van der Waals surface area contributed by atoms with Crippen molar-refractivity contribution < 1.29 is 31.2 Å². The highest BCUT2D eigenvalue weighted by Crippen LogP contribution is 2.27. The van der Waals surface area contributed by atoms with Crippen molar-refractivity contribution in [2.75, 3.05) is 51.3 Å². The first kappa shape index (κ1) is 28.9. The molecule has 5 rings (SSSR count). The Bertz CT molecular complexity index is 1610. The molecule has 0 saturated carbocycles. The van der Waals surface area contributed by atoms with Gasteiger partial charge < -0.3 is 15.0 Å². The van der Waals surface area contributed by atoms with Gasteiger partial charge in [-0.05, 0) is 36.4 Å². The normalized spacial score (nSPS) is 19.0. The van der Waals surface area contributed by atoms with Gasteiger partial charge in [-0.15, -0.1) is 0 Å². The van der Waals surface area contributed by atoms with Crippen LogP contribution in [0.15, 0.2) is 94.7 Å². The van der Waals surface area contributed by atoms with E-state index in [1.807, 2.05) is 0 Å². The number of hydrogen-bond acceptors (Lipinski definition) is 7. The number of ether oxygens (including phenoxy) is 1. The largest absolute Gasteiger partial charge is 0.378 e. The van der Waals surface area contributed by atoms with Crippen LogP contribution in [0.4, 0.5) is 5.69 Å². The van der Waals surface area contributed by atoms with Gasteiger partial charge in [0.1, 0.15) is 6.04 Å². The van der Waals surface area contributed by atoms with Crippen molar-refractivity contribution in [3.63, 3.8) is 0 Å². The molecule has 3 aromatic carbocycles. The van der Waals surface area contributed by atoms with Gasteiger partial charge in [-0.2, -0.15) is 8.61 Å². The second-order valence-corrected chi connectivity index (χ2v) is 13.4. The van der Waals surface area contributed by atoms with Crippen LogP contribution in [0.5, 0.6) is 0 Å². The van der Waals surface area contributed by atoms with Crippen LogP contribution < -0.4 is 5.32 Å². The van der Waals surface area contributed by atoms with Gasteiger partial charge in [-0.3, -0.25) is 9.59 Å². The summed E-state index contributed by atoms with van der Waals surface area (Å²) in [5.74, 6) is -1.05. The van der Waals surface area contributed by atoms with Crippen LogP contribution in [0.1, 0.15) is 10.4 Å². The lowest BCUT2D eigenvalue weighted by molar-refractivity contribution is -0.120. The maximum atomic E-state index is 13.8. The highest BCUT2D eigenvalue weighted by Gasteiger charge is 2.43. The number of carbonyl (C=O) groups is 2. The van der Waals surface area contributed by atoms with Gasteiger partial charge in [-0.25, -0.2) is 16.8 Å². The predicted octanol–water partition coefficient (Wildman–Crippen LogP) is 1.86. The SMILES string of the molecule is O=C(Nc1ccccc1C(=O)N1CCOCC1)[C@@H]1CN(S(=O)(=O)c2ccccc2)CCN1S(=O)(=O)c1ccccc1. The smallest absolute Gasteiger partial charge is 0.256 e. The average Bonchev–Trinajstić information content (AvgIpc) is 3.02. The Labute approximate surface area is 239 Å². The Morgan fingerprint density at radius 3 is 1.90 bits per heavy atom. The molecule has 1 N–H and O–H groups in total. The summed E-state index contributed by atoms with van der Waals surface area (Å²) in [5, 5.41) is 2.72. The van der Waals surface area contributed by atoms with Gasteiger partial charge in [0.15, 0.2) is 0 Å². The number of rotatable bonds is 7. The first-order chi connectivity index (χ1) is 19.7. The zero-order valence-electron chi connectivity index (χ0n) is 22.1. The maximum Gasteiger partial charge on any atom is 0.256 e. The Morgan fingerprint density at radius 2 is 1.27 bits per heavy atom. The van der Waals surface area contributed by atoms with Crippen LogP contribution in [-0.2, 0) is 29.6 Å². The van der Waals surface area contributed by atoms with E-state index in [-0.39, 0.29) is 40.0 Å². The van der Waals surface area contributed by atoms with Crippen molar-refractivity contribution in [3.05, 3.63) is 90.5 Å². The van der Waals surface area contributed by atoms with Gasteiger partial charge in [0.05, 0.1) is 34.3 Å². The number of amides is 2. The average molecular weight is 599 g/mol. The molecular formula is C28H30N4O7S2. The van der Waals surface area contributed by atoms with Crippen LogP contribution >= 0.6 is 0 Å². The van der Waals surface area contributed by atoms with Crippen molar-refractivity contribution in [2.45, 2.75) is 15.8 Å².